The van der Waals surface area contributed by atoms with Crippen molar-refractivity contribution in [3.8, 4) is 0 Å². The molecule has 0 aromatic heterocycles. The van der Waals surface area contributed by atoms with Gasteiger partial charge in [-0.15, -0.1) is 0 Å². The van der Waals surface area contributed by atoms with E-state index >= 15 is 0 Å². The second-order valence-corrected chi connectivity index (χ2v) is 15.1. The van der Waals surface area contributed by atoms with Crippen molar-refractivity contribution in [2.45, 2.75) is 161 Å². The van der Waals surface area contributed by atoms with Crippen LogP contribution in [-0.4, -0.2) is 86.5 Å². The number of likely N-dealkylation sites (N-methyl/N-ethyl adjacent to an activating group) is 1. The zero-order valence-electron chi connectivity index (χ0n) is 34.9. The zero-order chi connectivity index (χ0) is 39.8. The lowest BCUT2D eigenvalue weighted by Crippen LogP contribution is -2.40. The Hall–Kier alpha value is -2.78. The van der Waals surface area contributed by atoms with Crippen molar-refractivity contribution < 1.29 is 38.5 Å². The summed E-state index contributed by atoms with van der Waals surface area (Å²) in [5.74, 6) is -1.61. The van der Waals surface area contributed by atoms with E-state index in [-0.39, 0.29) is 25.8 Å². The number of unbranched alkanes of at least 4 members (excludes halogenated alkanes) is 14. The molecule has 0 aromatic rings. The number of carboxylic acids is 1. The minimum atomic E-state index is -1.46. The first-order valence-electron chi connectivity index (χ1n) is 21.2. The van der Waals surface area contributed by atoms with Crippen molar-refractivity contribution in [2.75, 3.05) is 47.5 Å². The molecule has 0 rings (SSSR count). The molecule has 0 spiro atoms. The van der Waals surface area contributed by atoms with Crippen LogP contribution in [0.3, 0.4) is 0 Å². The van der Waals surface area contributed by atoms with Crippen molar-refractivity contribution in [1.82, 2.24) is 0 Å². The number of aliphatic hydroxyl groups is 1. The van der Waals surface area contributed by atoms with Crippen LogP contribution in [0, 0.1) is 0 Å². The van der Waals surface area contributed by atoms with Gasteiger partial charge < -0.3 is 28.9 Å². The minimum Gasteiger partial charge on any atom is -0.477 e. The Kier molecular flexibility index (Phi) is 36.5. The molecule has 0 saturated carbocycles. The number of carboxylic acid groups (broad SMARTS) is 1. The number of rotatable bonds is 38. The van der Waals surface area contributed by atoms with E-state index in [1.807, 2.05) is 21.1 Å². The maximum absolute atomic E-state index is 12.0. The molecule has 2 N–H and O–H groups in total. The molecular weight excluding hydrogens is 679 g/mol. The summed E-state index contributed by atoms with van der Waals surface area (Å²) in [7, 11) is 5.92. The van der Waals surface area contributed by atoms with Gasteiger partial charge in [-0.25, -0.2) is 4.79 Å². The molecule has 8 heteroatoms. The predicted molar refractivity (Wildman–Crippen MR) is 225 cm³/mol. The Balaban J connectivity index is 3.50. The normalized spacial score (nSPS) is 13.9. The fraction of sp³-hybridized carbons (Fsp3) is 0.696. The molecule has 0 heterocycles. The third kappa shape index (κ3) is 40.4. The summed E-state index contributed by atoms with van der Waals surface area (Å²) in [6.45, 7) is 2.46. The highest BCUT2D eigenvalue weighted by atomic mass is 16.7. The quantitative estimate of drug-likeness (QED) is 0.0212. The molecule has 0 fully saturated rings. The summed E-state index contributed by atoms with van der Waals surface area (Å²) >= 11 is 0. The molecule has 0 aromatic carbocycles. The largest absolute Gasteiger partial charge is 0.477 e. The van der Waals surface area contributed by atoms with Gasteiger partial charge in [0.05, 0.1) is 34.4 Å². The highest BCUT2D eigenvalue weighted by Gasteiger charge is 2.22. The molecule has 0 aliphatic rings. The summed E-state index contributed by atoms with van der Waals surface area (Å²) < 4.78 is 16.2. The first-order valence-corrected chi connectivity index (χ1v) is 21.2. The Labute approximate surface area is 330 Å². The minimum absolute atomic E-state index is 0.208. The van der Waals surface area contributed by atoms with Gasteiger partial charge in [-0.3, -0.25) is 4.79 Å². The van der Waals surface area contributed by atoms with Gasteiger partial charge in [-0.05, 0) is 57.8 Å². The molecule has 0 radical (unpaired) electrons. The zero-order valence-corrected chi connectivity index (χ0v) is 34.9. The number of hydrogen-bond donors (Lipinski definition) is 2. The van der Waals surface area contributed by atoms with Gasteiger partial charge in [0, 0.05) is 6.42 Å². The topological polar surface area (TPSA) is 102 Å². The van der Waals surface area contributed by atoms with E-state index in [4.69, 9.17) is 14.2 Å². The number of carbonyl (C=O) groups is 2. The number of esters is 1. The van der Waals surface area contributed by atoms with Gasteiger partial charge in [0.2, 0.25) is 0 Å². The van der Waals surface area contributed by atoms with Crippen molar-refractivity contribution in [3.05, 3.63) is 72.9 Å². The van der Waals surface area contributed by atoms with Gasteiger partial charge in [0.15, 0.2) is 0 Å². The second kappa shape index (κ2) is 38.5. The molecule has 2 unspecified atom stereocenters. The molecular formula is C46H80NO7+. The van der Waals surface area contributed by atoms with Crippen LogP contribution >= 0.6 is 0 Å². The van der Waals surface area contributed by atoms with Crippen LogP contribution in [0.4, 0.5) is 0 Å². The van der Waals surface area contributed by atoms with E-state index in [2.05, 4.69) is 79.8 Å². The number of allylic oxidation sites excluding steroid dienone is 12. The molecule has 0 aliphatic carbocycles. The summed E-state index contributed by atoms with van der Waals surface area (Å²) in [6, 6.07) is 0. The Bertz CT molecular complexity index is 1050. The van der Waals surface area contributed by atoms with Crippen LogP contribution < -0.4 is 0 Å². The van der Waals surface area contributed by atoms with Gasteiger partial charge >= 0.3 is 11.9 Å². The third-order valence-corrected chi connectivity index (χ3v) is 8.71. The van der Waals surface area contributed by atoms with Crippen LogP contribution in [0.1, 0.15) is 148 Å². The van der Waals surface area contributed by atoms with Gasteiger partial charge in [-0.2, -0.15) is 0 Å². The van der Waals surface area contributed by atoms with Crippen molar-refractivity contribution in [2.24, 2.45) is 0 Å². The Morgan fingerprint density at radius 1 is 0.556 bits per heavy atom. The smallest absolute Gasteiger partial charge is 0.361 e. The standard InChI is InChI=1S/C46H79NO7/c1-5-6-7-8-9-10-11-12-13-14-15-16-17-18-19-20-21-22-23-24-25-26-27-28-29-30-31-32-33-34-35-36-37-38-44(49)53-41-43(48)42-54-46(45(50)51)52-40-39-47(2,3)4/h6-7,9-10,12-13,15-16,18-19,21-22,43,46,48H,5,8,11,14,17,20,23-42H2,1-4H3/p+1/b7-6-,10-9-,13-12-,16-15-,19-18-,22-21-. The van der Waals surface area contributed by atoms with E-state index in [1.165, 1.54) is 77.0 Å². The lowest BCUT2D eigenvalue weighted by atomic mass is 10.0. The van der Waals surface area contributed by atoms with Crippen LogP contribution in [-0.2, 0) is 23.8 Å². The van der Waals surface area contributed by atoms with E-state index in [0.717, 1.165) is 57.8 Å². The molecule has 310 valence electrons. The van der Waals surface area contributed by atoms with E-state index in [9.17, 15) is 19.8 Å². The van der Waals surface area contributed by atoms with Crippen LogP contribution in [0.5, 0.6) is 0 Å². The average molecular weight is 759 g/mol. The first kappa shape index (κ1) is 51.2. The predicted octanol–water partition coefficient (Wildman–Crippen LogP) is 11.0. The van der Waals surface area contributed by atoms with E-state index < -0.39 is 18.4 Å². The van der Waals surface area contributed by atoms with Crippen molar-refractivity contribution in [3.63, 3.8) is 0 Å². The number of carbonyl (C=O) groups excluding carboxylic acids is 1. The van der Waals surface area contributed by atoms with Crippen LogP contribution in [0.2, 0.25) is 0 Å². The highest BCUT2D eigenvalue weighted by molar-refractivity contribution is 5.70. The fourth-order valence-corrected chi connectivity index (χ4v) is 5.42. The molecule has 0 bridgehead atoms. The molecule has 0 amide bonds. The molecule has 8 nitrogen and oxygen atoms in total. The molecule has 0 aliphatic heterocycles. The van der Waals surface area contributed by atoms with E-state index in [0.29, 0.717) is 17.4 Å². The van der Waals surface area contributed by atoms with Gasteiger partial charge in [-0.1, -0.05) is 157 Å². The summed E-state index contributed by atoms with van der Waals surface area (Å²) in [5, 5.41) is 19.3. The summed E-state index contributed by atoms with van der Waals surface area (Å²) in [5.41, 5.74) is 0. The summed E-state index contributed by atoms with van der Waals surface area (Å²) in [4.78, 5) is 23.3. The summed E-state index contributed by atoms with van der Waals surface area (Å²) in [6.07, 6.45) is 49.5. The van der Waals surface area contributed by atoms with Crippen LogP contribution in [0.15, 0.2) is 72.9 Å². The number of nitrogens with zero attached hydrogens (tertiary/aromatic N) is 1. The van der Waals surface area contributed by atoms with Gasteiger partial charge in [0.25, 0.3) is 6.29 Å². The molecule has 0 saturated heterocycles. The first-order chi connectivity index (χ1) is 26.2. The van der Waals surface area contributed by atoms with E-state index in [1.54, 1.807) is 0 Å². The number of hydrogen-bond acceptors (Lipinski definition) is 6. The molecule has 2 atom stereocenters. The number of quaternary nitrogens is 1. The third-order valence-electron chi connectivity index (χ3n) is 8.71. The lowest BCUT2D eigenvalue weighted by Gasteiger charge is -2.24. The Morgan fingerprint density at radius 2 is 0.963 bits per heavy atom. The second-order valence-electron chi connectivity index (χ2n) is 15.1. The van der Waals surface area contributed by atoms with Crippen LogP contribution in [0.25, 0.3) is 0 Å². The fourth-order valence-electron chi connectivity index (χ4n) is 5.42. The number of aliphatic carboxylic acids is 1. The lowest BCUT2D eigenvalue weighted by molar-refractivity contribution is -0.870. The highest BCUT2D eigenvalue weighted by Crippen LogP contribution is 2.14. The SMILES string of the molecule is CC/C=C\C/C=C\C/C=C\C/C=C\C/C=C\C/C=C\CCCCCCCCCCCCCCCCC(=O)OCC(O)COC(OCC[N+](C)(C)C)C(=O)O. The van der Waals surface area contributed by atoms with Crippen molar-refractivity contribution >= 4 is 11.9 Å². The maximum atomic E-state index is 12.0. The number of ether oxygens (including phenoxy) is 3. The average Bonchev–Trinajstić information content (AvgIpc) is 3.13. The Morgan fingerprint density at radius 3 is 1.39 bits per heavy atom. The maximum Gasteiger partial charge on any atom is 0.361 e. The van der Waals surface area contributed by atoms with Crippen molar-refractivity contribution in [1.29, 1.82) is 0 Å². The van der Waals surface area contributed by atoms with Gasteiger partial charge in [0.1, 0.15) is 19.3 Å². The number of aliphatic hydroxyl groups excluding tert-OH is 1. The molecule has 54 heavy (non-hydrogen) atoms. The monoisotopic (exact) mass is 759 g/mol.